The second-order valence-corrected chi connectivity index (χ2v) is 5.04. The van der Waals surface area contributed by atoms with Crippen LogP contribution in [-0.2, 0) is 0 Å². The van der Waals surface area contributed by atoms with Crippen molar-refractivity contribution in [2.24, 2.45) is 0 Å². The van der Waals surface area contributed by atoms with Crippen molar-refractivity contribution < 1.29 is 9.47 Å². The second kappa shape index (κ2) is 6.34. The Morgan fingerprint density at radius 1 is 1.04 bits per heavy atom. The molecule has 0 unspecified atom stereocenters. The summed E-state index contributed by atoms with van der Waals surface area (Å²) in [5, 5.41) is 13.8. The Balaban J connectivity index is 2.26. The molecular weight excluding hydrogens is 304 g/mol. The molecule has 0 aliphatic rings. The molecular formula is C18H16N4O2. The zero-order valence-electron chi connectivity index (χ0n) is 13.4. The van der Waals surface area contributed by atoms with E-state index in [1.165, 1.54) is 0 Å². The monoisotopic (exact) mass is 320 g/mol. The lowest BCUT2D eigenvalue weighted by atomic mass is 10.1. The molecule has 1 heterocycles. The van der Waals surface area contributed by atoms with Gasteiger partial charge < -0.3 is 15.2 Å². The molecule has 6 nitrogen and oxygen atoms in total. The van der Waals surface area contributed by atoms with E-state index in [1.54, 1.807) is 31.0 Å². The van der Waals surface area contributed by atoms with Gasteiger partial charge in [-0.1, -0.05) is 18.2 Å². The van der Waals surface area contributed by atoms with Crippen LogP contribution in [-0.4, -0.2) is 24.0 Å². The number of benzene rings is 2. The number of hydrogen-bond acceptors (Lipinski definition) is 5. The van der Waals surface area contributed by atoms with Crippen LogP contribution in [0.3, 0.4) is 0 Å². The van der Waals surface area contributed by atoms with Crippen LogP contribution in [0.5, 0.6) is 11.5 Å². The number of rotatable bonds is 4. The van der Waals surface area contributed by atoms with E-state index in [4.69, 9.17) is 15.2 Å². The highest BCUT2D eigenvalue weighted by atomic mass is 16.5. The fraction of sp³-hybridized carbons (Fsp3) is 0.111. The van der Waals surface area contributed by atoms with E-state index in [0.29, 0.717) is 22.8 Å². The van der Waals surface area contributed by atoms with Crippen molar-refractivity contribution in [2.45, 2.75) is 0 Å². The Morgan fingerprint density at radius 2 is 1.75 bits per heavy atom. The standard InChI is InChI=1S/C18H16N4O2/c1-23-15-9-8-12(10-16(15)24-2)17-14(11-19)18(20)21-22(17)13-6-4-3-5-7-13/h3-10H,1-2H3,(H2,20,21). The molecule has 0 aliphatic carbocycles. The smallest absolute Gasteiger partial charge is 0.164 e. The van der Waals surface area contributed by atoms with Gasteiger partial charge in [-0.3, -0.25) is 0 Å². The summed E-state index contributed by atoms with van der Waals surface area (Å²) >= 11 is 0. The number of methoxy groups -OCH3 is 2. The Kier molecular flexibility index (Phi) is 4.08. The van der Waals surface area contributed by atoms with Gasteiger partial charge in [0.2, 0.25) is 0 Å². The molecule has 0 fully saturated rings. The number of aromatic nitrogens is 2. The molecule has 0 atom stereocenters. The van der Waals surface area contributed by atoms with Crippen molar-refractivity contribution in [1.29, 1.82) is 5.26 Å². The van der Waals surface area contributed by atoms with E-state index in [9.17, 15) is 5.26 Å². The average molecular weight is 320 g/mol. The van der Waals surface area contributed by atoms with Crippen LogP contribution in [0, 0.1) is 11.3 Å². The van der Waals surface area contributed by atoms with Crippen LogP contribution in [0.15, 0.2) is 48.5 Å². The molecule has 24 heavy (non-hydrogen) atoms. The SMILES string of the molecule is COc1ccc(-c2c(C#N)c(N)nn2-c2ccccc2)cc1OC. The lowest BCUT2D eigenvalue weighted by molar-refractivity contribution is 0.355. The maximum absolute atomic E-state index is 9.51. The normalized spacial score (nSPS) is 10.2. The fourth-order valence-corrected chi connectivity index (χ4v) is 2.55. The van der Waals surface area contributed by atoms with Gasteiger partial charge in [0, 0.05) is 5.56 Å². The van der Waals surface area contributed by atoms with Crippen LogP contribution in [0.1, 0.15) is 5.56 Å². The highest BCUT2D eigenvalue weighted by Gasteiger charge is 2.20. The van der Waals surface area contributed by atoms with Gasteiger partial charge in [-0.15, -0.1) is 5.10 Å². The first kappa shape index (κ1) is 15.4. The fourth-order valence-electron chi connectivity index (χ4n) is 2.55. The number of hydrogen-bond donors (Lipinski definition) is 1. The topological polar surface area (TPSA) is 86.1 Å². The number of para-hydroxylation sites is 1. The van der Waals surface area contributed by atoms with Gasteiger partial charge in [0.15, 0.2) is 17.3 Å². The van der Waals surface area contributed by atoms with E-state index in [0.717, 1.165) is 11.3 Å². The minimum atomic E-state index is 0.186. The number of anilines is 1. The van der Waals surface area contributed by atoms with Crippen LogP contribution < -0.4 is 15.2 Å². The van der Waals surface area contributed by atoms with Crippen molar-refractivity contribution in [2.75, 3.05) is 20.0 Å². The highest BCUT2D eigenvalue weighted by molar-refractivity contribution is 5.76. The summed E-state index contributed by atoms with van der Waals surface area (Å²) in [5.41, 5.74) is 8.46. The Labute approximate surface area is 139 Å². The second-order valence-electron chi connectivity index (χ2n) is 5.04. The molecule has 2 N–H and O–H groups in total. The van der Waals surface area contributed by atoms with Crippen molar-refractivity contribution in [3.63, 3.8) is 0 Å². The van der Waals surface area contributed by atoms with Crippen molar-refractivity contribution >= 4 is 5.82 Å². The summed E-state index contributed by atoms with van der Waals surface area (Å²) in [5.74, 6) is 1.36. The molecule has 6 heteroatoms. The quantitative estimate of drug-likeness (QED) is 0.798. The lowest BCUT2D eigenvalue weighted by Gasteiger charge is -2.11. The largest absolute Gasteiger partial charge is 0.493 e. The van der Waals surface area contributed by atoms with E-state index >= 15 is 0 Å². The summed E-state index contributed by atoms with van der Waals surface area (Å²) in [6.07, 6.45) is 0. The van der Waals surface area contributed by atoms with Gasteiger partial charge in [0.05, 0.1) is 25.6 Å². The van der Waals surface area contributed by atoms with Crippen LogP contribution >= 0.6 is 0 Å². The minimum Gasteiger partial charge on any atom is -0.493 e. The van der Waals surface area contributed by atoms with Crippen LogP contribution in [0.25, 0.3) is 16.9 Å². The highest BCUT2D eigenvalue weighted by Crippen LogP contribution is 2.36. The molecule has 0 bridgehead atoms. The van der Waals surface area contributed by atoms with Crippen molar-refractivity contribution in [1.82, 2.24) is 9.78 Å². The van der Waals surface area contributed by atoms with E-state index < -0.39 is 0 Å². The molecule has 0 aliphatic heterocycles. The van der Waals surface area contributed by atoms with Gasteiger partial charge in [-0.25, -0.2) is 4.68 Å². The predicted molar refractivity (Wildman–Crippen MR) is 91.2 cm³/mol. The van der Waals surface area contributed by atoms with E-state index in [1.807, 2.05) is 36.4 Å². The summed E-state index contributed by atoms with van der Waals surface area (Å²) in [6.45, 7) is 0. The lowest BCUT2D eigenvalue weighted by Crippen LogP contribution is -2.00. The van der Waals surface area contributed by atoms with Crippen LogP contribution in [0.4, 0.5) is 5.82 Å². The Morgan fingerprint density at radius 3 is 2.38 bits per heavy atom. The first-order valence-corrected chi connectivity index (χ1v) is 7.26. The van der Waals surface area contributed by atoms with E-state index in [2.05, 4.69) is 11.2 Å². The van der Waals surface area contributed by atoms with Gasteiger partial charge in [0.25, 0.3) is 0 Å². The van der Waals surface area contributed by atoms with Crippen LogP contribution in [0.2, 0.25) is 0 Å². The third-order valence-electron chi connectivity index (χ3n) is 3.68. The molecule has 0 saturated carbocycles. The number of nitrogen functional groups attached to an aromatic ring is 1. The third-order valence-corrected chi connectivity index (χ3v) is 3.68. The average Bonchev–Trinajstić information content (AvgIpc) is 2.98. The third kappa shape index (κ3) is 2.52. The Bertz CT molecular complexity index is 911. The summed E-state index contributed by atoms with van der Waals surface area (Å²) in [6, 6.07) is 17.1. The molecule has 0 spiro atoms. The molecule has 3 rings (SSSR count). The first-order valence-electron chi connectivity index (χ1n) is 7.26. The zero-order chi connectivity index (χ0) is 17.1. The molecule has 3 aromatic rings. The predicted octanol–water partition coefficient (Wildman–Crippen LogP) is 3.01. The van der Waals surface area contributed by atoms with Crippen molar-refractivity contribution in [3.05, 3.63) is 54.1 Å². The summed E-state index contributed by atoms with van der Waals surface area (Å²) in [4.78, 5) is 0. The van der Waals surface area contributed by atoms with Gasteiger partial charge in [-0.2, -0.15) is 5.26 Å². The number of nitriles is 1. The summed E-state index contributed by atoms with van der Waals surface area (Å²) < 4.78 is 12.3. The number of nitrogens with zero attached hydrogens (tertiary/aromatic N) is 3. The number of nitrogens with two attached hydrogens (primary N) is 1. The first-order chi connectivity index (χ1) is 11.7. The maximum atomic E-state index is 9.51. The molecule has 0 radical (unpaired) electrons. The zero-order valence-corrected chi connectivity index (χ0v) is 13.4. The van der Waals surface area contributed by atoms with E-state index in [-0.39, 0.29) is 5.82 Å². The maximum Gasteiger partial charge on any atom is 0.164 e. The van der Waals surface area contributed by atoms with Gasteiger partial charge in [0.1, 0.15) is 11.6 Å². The molecule has 1 aromatic heterocycles. The van der Waals surface area contributed by atoms with Crippen molar-refractivity contribution in [3.8, 4) is 34.5 Å². The molecule has 0 saturated heterocycles. The molecule has 0 amide bonds. The number of ether oxygens (including phenoxy) is 2. The van der Waals surface area contributed by atoms with Gasteiger partial charge >= 0.3 is 0 Å². The summed E-state index contributed by atoms with van der Waals surface area (Å²) in [7, 11) is 3.14. The molecule has 120 valence electrons. The molecule has 2 aromatic carbocycles. The Hall–Kier alpha value is -3.46. The minimum absolute atomic E-state index is 0.186. The van der Waals surface area contributed by atoms with Gasteiger partial charge in [-0.05, 0) is 30.3 Å².